The Labute approximate surface area is 287 Å². The van der Waals surface area contributed by atoms with E-state index in [0.29, 0.717) is 17.5 Å². The highest BCUT2D eigenvalue weighted by Crippen LogP contribution is 2.37. The van der Waals surface area contributed by atoms with Crippen LogP contribution in [-0.4, -0.2) is 19.5 Å². The number of benzene rings is 7. The van der Waals surface area contributed by atoms with E-state index in [9.17, 15) is 0 Å². The van der Waals surface area contributed by atoms with Crippen LogP contribution >= 0.6 is 0 Å². The standard InChI is InChI=1S/C45H28N4O/c1-3-12-29(13-4-1)43-46-44(30-14-5-2-6-15-30)48-45(47-43)33-17-11-16-31(26-33)32-22-24-37-38-28-34(23-25-41(38)50-42(37)27-32)49-39-20-9-7-18-35(39)36-19-8-10-21-40(36)49/h1-28H. The summed E-state index contributed by atoms with van der Waals surface area (Å²) in [5, 5.41) is 4.67. The molecule has 0 aliphatic rings. The zero-order valence-electron chi connectivity index (χ0n) is 26.9. The fraction of sp³-hybridized carbons (Fsp3) is 0. The lowest BCUT2D eigenvalue weighted by Gasteiger charge is -2.09. The number of para-hydroxylation sites is 2. The van der Waals surface area contributed by atoms with Crippen LogP contribution in [0, 0.1) is 0 Å². The third-order valence-corrected chi connectivity index (χ3v) is 9.45. The molecule has 0 aliphatic heterocycles. The molecule has 234 valence electrons. The predicted molar refractivity (Wildman–Crippen MR) is 203 cm³/mol. The van der Waals surface area contributed by atoms with Gasteiger partial charge in [-0.25, -0.2) is 15.0 Å². The van der Waals surface area contributed by atoms with E-state index in [1.165, 1.54) is 21.8 Å². The first-order chi connectivity index (χ1) is 24.8. The van der Waals surface area contributed by atoms with Crippen molar-refractivity contribution in [2.45, 2.75) is 0 Å². The summed E-state index contributed by atoms with van der Waals surface area (Å²) in [6.45, 7) is 0. The number of hydrogen-bond acceptors (Lipinski definition) is 4. The van der Waals surface area contributed by atoms with E-state index in [2.05, 4.69) is 114 Å². The largest absolute Gasteiger partial charge is 0.456 e. The highest BCUT2D eigenvalue weighted by Gasteiger charge is 2.16. The van der Waals surface area contributed by atoms with Gasteiger partial charge in [0.15, 0.2) is 17.5 Å². The topological polar surface area (TPSA) is 56.7 Å². The van der Waals surface area contributed by atoms with Gasteiger partial charge in [0.25, 0.3) is 0 Å². The Kier molecular flexibility index (Phi) is 6.42. The first kappa shape index (κ1) is 28.2. The van der Waals surface area contributed by atoms with Crippen molar-refractivity contribution in [2.75, 3.05) is 0 Å². The molecule has 3 aromatic heterocycles. The fourth-order valence-electron chi connectivity index (χ4n) is 7.06. The zero-order valence-corrected chi connectivity index (χ0v) is 26.9. The number of nitrogens with zero attached hydrogens (tertiary/aromatic N) is 4. The first-order valence-electron chi connectivity index (χ1n) is 16.7. The van der Waals surface area contributed by atoms with Crippen molar-refractivity contribution < 1.29 is 4.42 Å². The van der Waals surface area contributed by atoms with Gasteiger partial charge in [0.2, 0.25) is 0 Å². The maximum Gasteiger partial charge on any atom is 0.164 e. The van der Waals surface area contributed by atoms with Gasteiger partial charge in [-0.3, -0.25) is 0 Å². The van der Waals surface area contributed by atoms with Crippen molar-refractivity contribution in [3.8, 4) is 51.0 Å². The van der Waals surface area contributed by atoms with Crippen molar-refractivity contribution in [1.82, 2.24) is 19.5 Å². The summed E-state index contributed by atoms with van der Waals surface area (Å²) in [6, 6.07) is 58.6. The summed E-state index contributed by atoms with van der Waals surface area (Å²) < 4.78 is 8.81. The molecule has 0 aliphatic carbocycles. The summed E-state index contributed by atoms with van der Waals surface area (Å²) in [5.41, 5.74) is 10.1. The van der Waals surface area contributed by atoms with Crippen molar-refractivity contribution in [1.29, 1.82) is 0 Å². The predicted octanol–water partition coefficient (Wildman–Crippen LogP) is 11.5. The molecule has 50 heavy (non-hydrogen) atoms. The Hall–Kier alpha value is -6.85. The maximum absolute atomic E-state index is 6.46. The van der Waals surface area contributed by atoms with Crippen LogP contribution in [0.1, 0.15) is 0 Å². The minimum atomic E-state index is 0.627. The van der Waals surface area contributed by atoms with Gasteiger partial charge in [0.05, 0.1) is 11.0 Å². The highest BCUT2D eigenvalue weighted by molar-refractivity contribution is 6.10. The zero-order chi connectivity index (χ0) is 33.0. The van der Waals surface area contributed by atoms with Gasteiger partial charge in [0, 0.05) is 43.9 Å². The first-order valence-corrected chi connectivity index (χ1v) is 16.7. The molecule has 0 spiro atoms. The van der Waals surface area contributed by atoms with E-state index in [1.807, 2.05) is 60.7 Å². The van der Waals surface area contributed by atoms with Crippen LogP contribution in [0.25, 0.3) is 94.7 Å². The lowest BCUT2D eigenvalue weighted by Crippen LogP contribution is -2.00. The summed E-state index contributed by atoms with van der Waals surface area (Å²) in [7, 11) is 0. The van der Waals surface area contributed by atoms with Crippen LogP contribution in [0.4, 0.5) is 0 Å². The van der Waals surface area contributed by atoms with E-state index in [4.69, 9.17) is 19.4 Å². The van der Waals surface area contributed by atoms with Crippen molar-refractivity contribution in [2.24, 2.45) is 0 Å². The quantitative estimate of drug-likeness (QED) is 0.188. The average molecular weight is 641 g/mol. The molecular weight excluding hydrogens is 613 g/mol. The number of aromatic nitrogens is 4. The van der Waals surface area contributed by atoms with Crippen LogP contribution in [0.15, 0.2) is 174 Å². The van der Waals surface area contributed by atoms with Crippen LogP contribution in [0.5, 0.6) is 0 Å². The molecule has 5 nitrogen and oxygen atoms in total. The van der Waals surface area contributed by atoms with Crippen LogP contribution in [0.3, 0.4) is 0 Å². The summed E-state index contributed by atoms with van der Waals surface area (Å²) in [4.78, 5) is 14.7. The van der Waals surface area contributed by atoms with Crippen LogP contribution in [-0.2, 0) is 0 Å². The number of hydrogen-bond donors (Lipinski definition) is 0. The molecule has 0 saturated heterocycles. The number of furan rings is 1. The van der Waals surface area contributed by atoms with E-state index in [-0.39, 0.29) is 0 Å². The summed E-state index contributed by atoms with van der Waals surface area (Å²) in [5.74, 6) is 1.91. The molecular formula is C45H28N4O. The Morgan fingerprint density at radius 3 is 1.54 bits per heavy atom. The lowest BCUT2D eigenvalue weighted by atomic mass is 10.0. The SMILES string of the molecule is c1ccc(-c2nc(-c3ccccc3)nc(-c3cccc(-c4ccc5c(c4)oc4ccc(-n6c7ccccc7c7ccccc76)cc45)c3)n2)cc1. The Bertz CT molecular complexity index is 2760. The van der Waals surface area contributed by atoms with Gasteiger partial charge in [-0.2, -0.15) is 0 Å². The Morgan fingerprint density at radius 1 is 0.340 bits per heavy atom. The maximum atomic E-state index is 6.46. The highest BCUT2D eigenvalue weighted by atomic mass is 16.3. The minimum Gasteiger partial charge on any atom is -0.456 e. The second-order valence-electron chi connectivity index (χ2n) is 12.5. The van der Waals surface area contributed by atoms with E-state index >= 15 is 0 Å². The minimum absolute atomic E-state index is 0.627. The average Bonchev–Trinajstić information content (AvgIpc) is 3.73. The molecule has 5 heteroatoms. The smallest absolute Gasteiger partial charge is 0.164 e. The van der Waals surface area contributed by atoms with Crippen LogP contribution in [0.2, 0.25) is 0 Å². The summed E-state index contributed by atoms with van der Waals surface area (Å²) in [6.07, 6.45) is 0. The molecule has 0 atom stereocenters. The third kappa shape index (κ3) is 4.67. The second-order valence-corrected chi connectivity index (χ2v) is 12.5. The molecule has 0 radical (unpaired) electrons. The molecule has 3 heterocycles. The van der Waals surface area contributed by atoms with Gasteiger partial charge in [-0.05, 0) is 59.7 Å². The number of fused-ring (bicyclic) bond motifs is 6. The van der Waals surface area contributed by atoms with E-state index < -0.39 is 0 Å². The second kappa shape index (κ2) is 11.4. The molecule has 0 fully saturated rings. The van der Waals surface area contributed by atoms with Gasteiger partial charge in [-0.15, -0.1) is 0 Å². The fourth-order valence-corrected chi connectivity index (χ4v) is 7.06. The van der Waals surface area contributed by atoms with Gasteiger partial charge < -0.3 is 8.98 Å². The van der Waals surface area contributed by atoms with Crippen molar-refractivity contribution >= 4 is 43.7 Å². The molecule has 0 bridgehead atoms. The van der Waals surface area contributed by atoms with Gasteiger partial charge >= 0.3 is 0 Å². The normalized spacial score (nSPS) is 11.6. The van der Waals surface area contributed by atoms with Gasteiger partial charge in [-0.1, -0.05) is 121 Å². The Balaban J connectivity index is 1.06. The third-order valence-electron chi connectivity index (χ3n) is 9.45. The molecule has 0 amide bonds. The van der Waals surface area contributed by atoms with Crippen molar-refractivity contribution in [3.63, 3.8) is 0 Å². The molecule has 10 aromatic rings. The molecule has 10 rings (SSSR count). The van der Waals surface area contributed by atoms with E-state index in [0.717, 1.165) is 55.4 Å². The number of rotatable bonds is 5. The molecule has 0 N–H and O–H groups in total. The molecule has 0 saturated carbocycles. The van der Waals surface area contributed by atoms with Crippen LogP contribution < -0.4 is 0 Å². The molecule has 7 aromatic carbocycles. The summed E-state index contributed by atoms with van der Waals surface area (Å²) >= 11 is 0. The van der Waals surface area contributed by atoms with Gasteiger partial charge in [0.1, 0.15) is 11.2 Å². The Morgan fingerprint density at radius 2 is 0.880 bits per heavy atom. The molecule has 0 unspecified atom stereocenters. The monoisotopic (exact) mass is 640 g/mol. The van der Waals surface area contributed by atoms with E-state index in [1.54, 1.807) is 0 Å². The van der Waals surface area contributed by atoms with Crippen molar-refractivity contribution in [3.05, 3.63) is 170 Å². The lowest BCUT2D eigenvalue weighted by molar-refractivity contribution is 0.669.